The number of pyridine rings is 2. The number of benzene rings is 5. The average Bonchev–Trinajstić information content (AvgIpc) is 3.73. The summed E-state index contributed by atoms with van der Waals surface area (Å²) in [5.41, 5.74) is 9.55. The van der Waals surface area contributed by atoms with Crippen molar-refractivity contribution in [2.75, 3.05) is 0 Å². The Balaban J connectivity index is 0.000000165. The molecule has 0 fully saturated rings. The number of furan rings is 1. The van der Waals surface area contributed by atoms with Gasteiger partial charge in [-0.1, -0.05) is 67.3 Å². The Kier molecular flexibility index (Phi) is 10.8. The number of thiophene rings is 1. The Morgan fingerprint density at radius 2 is 1.49 bits per heavy atom. The number of rotatable bonds is 6. The Hall–Kier alpha value is -4.39. The first-order valence-electron chi connectivity index (χ1n) is 17.9. The predicted octanol–water partition coefficient (Wildman–Crippen LogP) is 12.8. The summed E-state index contributed by atoms with van der Waals surface area (Å²) in [6.07, 6.45) is 5.02. The summed E-state index contributed by atoms with van der Waals surface area (Å²) in [4.78, 5) is 9.35. The zero-order valence-electron chi connectivity index (χ0n) is 30.5. The minimum atomic E-state index is -1.81. The summed E-state index contributed by atoms with van der Waals surface area (Å²) >= 11 is 0.0250. The van der Waals surface area contributed by atoms with E-state index >= 15 is 0 Å². The van der Waals surface area contributed by atoms with E-state index in [1.807, 2.05) is 35.7 Å². The fourth-order valence-electron chi connectivity index (χ4n) is 6.77. The molecule has 0 aliphatic rings. The topological polar surface area (TPSA) is 38.9 Å². The van der Waals surface area contributed by atoms with Crippen molar-refractivity contribution in [3.05, 3.63) is 151 Å². The molecule has 0 aliphatic heterocycles. The van der Waals surface area contributed by atoms with Crippen LogP contribution in [0.15, 0.2) is 138 Å². The molecule has 5 aromatic carbocycles. The van der Waals surface area contributed by atoms with Crippen molar-refractivity contribution >= 4 is 71.1 Å². The molecule has 9 aromatic rings. The third-order valence-corrected chi connectivity index (χ3v) is 14.9. The molecule has 6 heteroatoms. The van der Waals surface area contributed by atoms with Gasteiger partial charge in [0.1, 0.15) is 5.58 Å². The van der Waals surface area contributed by atoms with Crippen LogP contribution in [0.1, 0.15) is 19.4 Å². The van der Waals surface area contributed by atoms with Gasteiger partial charge in [-0.05, 0) is 47.4 Å². The minimum Gasteiger partial charge on any atom is 0 e. The van der Waals surface area contributed by atoms with Crippen LogP contribution in [0.4, 0.5) is 0 Å². The molecular weight excluding hydrogens is 905 g/mol. The quantitative estimate of drug-likeness (QED) is 0.123. The van der Waals surface area contributed by atoms with Crippen LogP contribution in [0.3, 0.4) is 0 Å². The van der Waals surface area contributed by atoms with Gasteiger partial charge in [0, 0.05) is 31.7 Å². The van der Waals surface area contributed by atoms with Gasteiger partial charge in [-0.15, -0.1) is 23.8 Å². The zero-order chi connectivity index (χ0) is 35.8. The van der Waals surface area contributed by atoms with Crippen LogP contribution >= 0.6 is 11.3 Å². The van der Waals surface area contributed by atoms with Gasteiger partial charge < -0.3 is 9.40 Å². The largest absolute Gasteiger partial charge is 0 e. The first kappa shape index (κ1) is 36.9. The van der Waals surface area contributed by atoms with Crippen molar-refractivity contribution in [2.24, 2.45) is 5.92 Å². The Labute approximate surface area is 331 Å². The average molecular weight is 946 g/mol. The zero-order valence-corrected chi connectivity index (χ0v) is 35.8. The van der Waals surface area contributed by atoms with Gasteiger partial charge in [-0.3, -0.25) is 0 Å². The third-order valence-electron chi connectivity index (χ3n) is 9.48. The fourth-order valence-corrected chi connectivity index (χ4v) is 10.1. The van der Waals surface area contributed by atoms with E-state index in [1.165, 1.54) is 41.3 Å². The van der Waals surface area contributed by atoms with Crippen LogP contribution in [0, 0.1) is 18.1 Å². The molecule has 0 saturated carbocycles. The van der Waals surface area contributed by atoms with Crippen LogP contribution in [0.25, 0.3) is 75.8 Å². The summed E-state index contributed by atoms with van der Waals surface area (Å²) in [6, 6.07) is 49.1. The molecule has 4 heterocycles. The Morgan fingerprint density at radius 3 is 2.26 bits per heavy atom. The summed E-state index contributed by atoms with van der Waals surface area (Å²) in [6.45, 7) is 4.47. The second-order valence-electron chi connectivity index (χ2n) is 14.8. The maximum absolute atomic E-state index is 6.06. The van der Waals surface area contributed by atoms with Crippen molar-refractivity contribution in [3.63, 3.8) is 0 Å². The van der Waals surface area contributed by atoms with Crippen LogP contribution in [0.2, 0.25) is 17.3 Å². The number of fused-ring (bicyclic) bond motifs is 6. The smallest absolute Gasteiger partial charge is 0 e. The molecule has 0 aliphatic carbocycles. The number of aromatic nitrogens is 2. The van der Waals surface area contributed by atoms with E-state index in [9.17, 15) is 0 Å². The van der Waals surface area contributed by atoms with Crippen LogP contribution in [-0.4, -0.2) is 23.2 Å². The van der Waals surface area contributed by atoms with Crippen LogP contribution in [0.5, 0.6) is 0 Å². The first-order chi connectivity index (χ1) is 25.2. The van der Waals surface area contributed by atoms with Crippen LogP contribution < -0.4 is 4.40 Å². The van der Waals surface area contributed by atoms with Gasteiger partial charge in [0.25, 0.3) is 0 Å². The van der Waals surface area contributed by atoms with E-state index < -0.39 is 13.3 Å². The number of hydrogen-bond acceptors (Lipinski definition) is 4. The molecule has 0 bridgehead atoms. The predicted molar refractivity (Wildman–Crippen MR) is 224 cm³/mol. The molecule has 1 radical (unpaired) electrons. The summed E-state index contributed by atoms with van der Waals surface area (Å²) in [5.74, 6) is 7.81. The normalized spacial score (nSPS) is 11.6. The van der Waals surface area contributed by atoms with Crippen molar-refractivity contribution < 1.29 is 24.5 Å². The van der Waals surface area contributed by atoms with Gasteiger partial charge in [0.05, 0.1) is 5.58 Å². The Bertz CT molecular complexity index is 2670. The SMILES string of the molecule is CC(C)Cc1ccnc(-c2[c-]cc3oc4ccc(-c5ccccc5)cc4c3c2)c1.[CH3][Ge]([CH3])([CH3])[c]1ccc(-c2[c-]ccc3c2sc2ccccc23)nc1.[Ir]. The van der Waals surface area contributed by atoms with E-state index in [2.05, 4.69) is 158 Å². The minimum absolute atomic E-state index is 0. The molecule has 0 amide bonds. The molecule has 0 spiro atoms. The van der Waals surface area contributed by atoms with E-state index in [0.29, 0.717) is 5.92 Å². The Morgan fingerprint density at radius 1 is 0.698 bits per heavy atom. The van der Waals surface area contributed by atoms with Gasteiger partial charge in [-0.2, -0.15) is 0 Å². The number of hydrogen-bond donors (Lipinski definition) is 0. The maximum Gasteiger partial charge on any atom is 0 e. The molecule has 0 saturated heterocycles. The third kappa shape index (κ3) is 7.81. The first-order valence-corrected chi connectivity index (χ1v) is 26.0. The van der Waals surface area contributed by atoms with E-state index in [0.717, 1.165) is 50.9 Å². The summed E-state index contributed by atoms with van der Waals surface area (Å²) in [7, 11) is 0. The standard InChI is InChI=1S/C27H22NO.C20H18GeNS.Ir/c1-18(2)14-19-12-13-28-25(15-19)22-9-11-27-24(17-22)23-16-21(8-10-26(23)29-27)20-6-4-3-5-7-20;1-21(2,3)14-11-12-18(22-13-14)17-9-6-8-16-15-7-4-5-10-19(15)23-20(16)17;/h3-8,10-13,15-18H,14H2,1-2H3;4-8,10-13H,1-3H3;/q2*-1;. The second-order valence-corrected chi connectivity index (χ2v) is 26.5. The molecule has 4 aromatic heterocycles. The molecule has 265 valence electrons. The molecule has 3 nitrogen and oxygen atoms in total. The molecule has 53 heavy (non-hydrogen) atoms. The van der Waals surface area contributed by atoms with Gasteiger partial charge >= 0.3 is 143 Å². The van der Waals surface area contributed by atoms with Gasteiger partial charge in [-0.25, -0.2) is 0 Å². The molecule has 0 unspecified atom stereocenters. The van der Waals surface area contributed by atoms with E-state index in [4.69, 9.17) is 9.40 Å². The fraction of sp³-hybridized carbons (Fsp3) is 0.149. The number of nitrogens with zero attached hydrogens (tertiary/aromatic N) is 2. The maximum atomic E-state index is 6.06. The van der Waals surface area contributed by atoms with Gasteiger partial charge in [0.15, 0.2) is 0 Å². The van der Waals surface area contributed by atoms with Crippen molar-refractivity contribution in [1.29, 1.82) is 0 Å². The summed E-state index contributed by atoms with van der Waals surface area (Å²) in [5, 5.41) is 4.85. The van der Waals surface area contributed by atoms with Gasteiger partial charge in [0.2, 0.25) is 0 Å². The second kappa shape index (κ2) is 15.5. The van der Waals surface area contributed by atoms with Crippen molar-refractivity contribution in [3.8, 4) is 33.6 Å². The molecule has 0 N–H and O–H groups in total. The molecule has 0 atom stereocenters. The van der Waals surface area contributed by atoms with Crippen LogP contribution in [-0.2, 0) is 26.5 Å². The van der Waals surface area contributed by atoms with E-state index in [-0.39, 0.29) is 20.1 Å². The molecule has 9 rings (SSSR count). The van der Waals surface area contributed by atoms with E-state index in [1.54, 1.807) is 0 Å². The van der Waals surface area contributed by atoms with Crippen molar-refractivity contribution in [2.45, 2.75) is 37.5 Å². The van der Waals surface area contributed by atoms with Crippen molar-refractivity contribution in [1.82, 2.24) is 9.97 Å². The monoisotopic (exact) mass is 947 g/mol. The summed E-state index contributed by atoms with van der Waals surface area (Å²) < 4.78 is 10.1. The molecular formula is C47H40GeIrN2OS-2.